The highest BCUT2D eigenvalue weighted by atomic mass is 32.1. The Hall–Kier alpha value is -0.900. The molecule has 16 heavy (non-hydrogen) atoms. The molecule has 1 aromatic heterocycles. The second-order valence-corrected chi connectivity index (χ2v) is 5.28. The molecule has 4 heteroatoms. The third-order valence-corrected chi connectivity index (χ3v) is 3.94. The molecule has 1 heterocycles. The van der Waals surface area contributed by atoms with E-state index in [1.54, 1.807) is 11.3 Å². The Bertz CT molecular complexity index is 318. The molecule has 2 rings (SSSR count). The molecule has 1 aromatic rings. The van der Waals surface area contributed by atoms with E-state index in [1.165, 1.54) is 19.3 Å². The van der Waals surface area contributed by atoms with E-state index >= 15 is 0 Å². The van der Waals surface area contributed by atoms with Crippen LogP contribution in [0.15, 0.2) is 11.6 Å². The molecule has 1 aliphatic carbocycles. The summed E-state index contributed by atoms with van der Waals surface area (Å²) in [5.41, 5.74) is 0. The second-order valence-electron chi connectivity index (χ2n) is 4.30. The monoisotopic (exact) mass is 238 g/mol. The van der Waals surface area contributed by atoms with E-state index < -0.39 is 0 Å². The van der Waals surface area contributed by atoms with Crippen molar-refractivity contribution < 1.29 is 4.79 Å². The summed E-state index contributed by atoms with van der Waals surface area (Å²) in [4.78, 5) is 16.0. The van der Waals surface area contributed by atoms with Gasteiger partial charge >= 0.3 is 0 Å². The van der Waals surface area contributed by atoms with Gasteiger partial charge in [-0.3, -0.25) is 4.79 Å². The van der Waals surface area contributed by atoms with Crippen LogP contribution in [0.4, 0.5) is 0 Å². The second kappa shape index (κ2) is 5.99. The predicted octanol–water partition coefficient (Wildman–Crippen LogP) is 2.38. The lowest BCUT2D eigenvalue weighted by Crippen LogP contribution is -2.33. The topological polar surface area (TPSA) is 42.0 Å². The van der Waals surface area contributed by atoms with Crippen LogP contribution in [0.3, 0.4) is 0 Å². The van der Waals surface area contributed by atoms with E-state index in [0.29, 0.717) is 0 Å². The number of carbonyl (C=O) groups is 1. The van der Waals surface area contributed by atoms with E-state index in [9.17, 15) is 4.79 Å². The van der Waals surface area contributed by atoms with E-state index in [1.807, 2.05) is 11.6 Å². The van der Waals surface area contributed by atoms with Crippen LogP contribution >= 0.6 is 11.3 Å². The summed E-state index contributed by atoms with van der Waals surface area (Å²) in [5.74, 6) is 0.515. The van der Waals surface area contributed by atoms with Crippen molar-refractivity contribution in [1.82, 2.24) is 10.3 Å². The molecule has 88 valence electrons. The van der Waals surface area contributed by atoms with Gasteiger partial charge in [-0.15, -0.1) is 11.3 Å². The van der Waals surface area contributed by atoms with Crippen LogP contribution in [0.1, 0.15) is 37.1 Å². The van der Waals surface area contributed by atoms with E-state index in [-0.39, 0.29) is 11.8 Å². The first-order valence-corrected chi connectivity index (χ1v) is 6.90. The summed E-state index contributed by atoms with van der Waals surface area (Å²) in [6.45, 7) is 0.725. The minimum absolute atomic E-state index is 0.247. The average molecular weight is 238 g/mol. The maximum absolute atomic E-state index is 11.8. The lowest BCUT2D eigenvalue weighted by atomic mass is 9.89. The Morgan fingerprint density at radius 2 is 2.25 bits per heavy atom. The number of nitrogens with zero attached hydrogens (tertiary/aromatic N) is 1. The summed E-state index contributed by atoms with van der Waals surface area (Å²) in [6.07, 6.45) is 8.53. The van der Waals surface area contributed by atoms with Gasteiger partial charge in [0.25, 0.3) is 0 Å². The number of carbonyl (C=O) groups excluding carboxylic acids is 1. The summed E-state index contributed by atoms with van der Waals surface area (Å²) in [6, 6.07) is 0. The number of nitrogens with one attached hydrogen (secondary N) is 1. The van der Waals surface area contributed by atoms with Crippen molar-refractivity contribution in [2.24, 2.45) is 5.92 Å². The van der Waals surface area contributed by atoms with Gasteiger partial charge in [0.15, 0.2) is 0 Å². The van der Waals surface area contributed by atoms with E-state index in [2.05, 4.69) is 10.3 Å². The van der Waals surface area contributed by atoms with Crippen molar-refractivity contribution in [2.75, 3.05) is 6.54 Å². The smallest absolute Gasteiger partial charge is 0.223 e. The average Bonchev–Trinajstić information content (AvgIpc) is 2.83. The van der Waals surface area contributed by atoms with Gasteiger partial charge in [-0.25, -0.2) is 4.98 Å². The van der Waals surface area contributed by atoms with Crippen LogP contribution in [0.25, 0.3) is 0 Å². The van der Waals surface area contributed by atoms with Gasteiger partial charge < -0.3 is 5.32 Å². The van der Waals surface area contributed by atoms with Gasteiger partial charge in [0, 0.05) is 30.5 Å². The summed E-state index contributed by atoms with van der Waals surface area (Å²) < 4.78 is 0. The first kappa shape index (κ1) is 11.6. The summed E-state index contributed by atoms with van der Waals surface area (Å²) >= 11 is 1.65. The Morgan fingerprint density at radius 1 is 1.44 bits per heavy atom. The third-order valence-electron chi connectivity index (χ3n) is 3.10. The van der Waals surface area contributed by atoms with Crippen LogP contribution in [-0.4, -0.2) is 17.4 Å². The van der Waals surface area contributed by atoms with Crippen LogP contribution < -0.4 is 5.32 Å². The Labute approximate surface area is 100 Å². The quantitative estimate of drug-likeness (QED) is 0.875. The van der Waals surface area contributed by atoms with Crippen molar-refractivity contribution in [2.45, 2.75) is 38.5 Å². The fourth-order valence-electron chi connectivity index (χ4n) is 2.18. The minimum atomic E-state index is 0.247. The Balaban J connectivity index is 1.67. The standard InChI is InChI=1S/C12H18N2OS/c15-12(10-4-2-1-3-5-10)14-7-6-11-13-8-9-16-11/h8-10H,1-7H2,(H,14,15). The highest BCUT2D eigenvalue weighted by molar-refractivity contribution is 7.09. The number of rotatable bonds is 4. The molecular weight excluding hydrogens is 220 g/mol. The molecule has 0 spiro atoms. The zero-order valence-electron chi connectivity index (χ0n) is 9.45. The SMILES string of the molecule is O=C(NCCc1nccs1)C1CCCCC1. The van der Waals surface area contributed by atoms with Gasteiger partial charge in [-0.1, -0.05) is 19.3 Å². The number of hydrogen-bond donors (Lipinski definition) is 1. The van der Waals surface area contributed by atoms with Gasteiger partial charge in [0.1, 0.15) is 0 Å². The molecular formula is C12H18N2OS. The highest BCUT2D eigenvalue weighted by Gasteiger charge is 2.20. The zero-order chi connectivity index (χ0) is 11.2. The first-order chi connectivity index (χ1) is 7.86. The molecule has 0 aliphatic heterocycles. The molecule has 1 N–H and O–H groups in total. The van der Waals surface area contributed by atoms with E-state index in [4.69, 9.17) is 0 Å². The maximum Gasteiger partial charge on any atom is 0.223 e. The molecule has 0 aromatic carbocycles. The van der Waals surface area contributed by atoms with Crippen molar-refractivity contribution in [3.63, 3.8) is 0 Å². The van der Waals surface area contributed by atoms with Gasteiger partial charge in [-0.2, -0.15) is 0 Å². The van der Waals surface area contributed by atoms with Crippen LogP contribution in [0.2, 0.25) is 0 Å². The minimum Gasteiger partial charge on any atom is -0.355 e. The van der Waals surface area contributed by atoms with Gasteiger partial charge in [-0.05, 0) is 12.8 Å². The summed E-state index contributed by atoms with van der Waals surface area (Å²) in [7, 11) is 0. The lowest BCUT2D eigenvalue weighted by molar-refractivity contribution is -0.125. The third kappa shape index (κ3) is 3.30. The van der Waals surface area contributed by atoms with Crippen LogP contribution in [0, 0.1) is 5.92 Å². The van der Waals surface area contributed by atoms with Gasteiger partial charge in [0.05, 0.1) is 5.01 Å². The van der Waals surface area contributed by atoms with Crippen molar-refractivity contribution in [3.8, 4) is 0 Å². The van der Waals surface area contributed by atoms with Crippen LogP contribution in [0.5, 0.6) is 0 Å². The molecule has 1 aliphatic rings. The number of thiazole rings is 1. The van der Waals surface area contributed by atoms with Crippen molar-refractivity contribution >= 4 is 17.2 Å². The van der Waals surface area contributed by atoms with E-state index in [0.717, 1.165) is 30.8 Å². The lowest BCUT2D eigenvalue weighted by Gasteiger charge is -2.20. The molecule has 0 saturated heterocycles. The highest BCUT2D eigenvalue weighted by Crippen LogP contribution is 2.23. The fourth-order valence-corrected chi connectivity index (χ4v) is 2.80. The largest absolute Gasteiger partial charge is 0.355 e. The molecule has 0 bridgehead atoms. The zero-order valence-corrected chi connectivity index (χ0v) is 10.3. The molecule has 0 unspecified atom stereocenters. The Morgan fingerprint density at radius 3 is 2.94 bits per heavy atom. The molecule has 0 atom stereocenters. The molecule has 0 radical (unpaired) electrons. The molecule has 3 nitrogen and oxygen atoms in total. The molecule has 1 amide bonds. The van der Waals surface area contributed by atoms with Gasteiger partial charge in [0.2, 0.25) is 5.91 Å². The number of aromatic nitrogens is 1. The predicted molar refractivity (Wildman–Crippen MR) is 65.4 cm³/mol. The first-order valence-electron chi connectivity index (χ1n) is 6.02. The van der Waals surface area contributed by atoms with Crippen molar-refractivity contribution in [3.05, 3.63) is 16.6 Å². The molecule has 1 fully saturated rings. The Kier molecular flexibility index (Phi) is 4.34. The fraction of sp³-hybridized carbons (Fsp3) is 0.667. The number of hydrogen-bond acceptors (Lipinski definition) is 3. The number of amides is 1. The normalized spacial score (nSPS) is 17.2. The molecule has 1 saturated carbocycles. The van der Waals surface area contributed by atoms with Crippen LogP contribution in [-0.2, 0) is 11.2 Å². The summed E-state index contributed by atoms with van der Waals surface area (Å²) in [5, 5.41) is 6.09. The van der Waals surface area contributed by atoms with Crippen molar-refractivity contribution in [1.29, 1.82) is 0 Å². The maximum atomic E-state index is 11.8.